The first kappa shape index (κ1) is 23.4. The quantitative estimate of drug-likeness (QED) is 0.305. The molecule has 3 N–H and O–H groups in total. The summed E-state index contributed by atoms with van der Waals surface area (Å²) in [4.78, 5) is 35.2. The van der Waals surface area contributed by atoms with Crippen LogP contribution in [-0.4, -0.2) is 43.7 Å². The van der Waals surface area contributed by atoms with Crippen LogP contribution in [-0.2, 0) is 14.4 Å². The van der Waals surface area contributed by atoms with E-state index in [1.807, 2.05) is 19.9 Å². The zero-order chi connectivity index (χ0) is 22.6. The van der Waals surface area contributed by atoms with Crippen molar-refractivity contribution in [3.63, 3.8) is 0 Å². The molecule has 2 aromatic carbocycles. The molecule has 0 radical (unpaired) electrons. The molecule has 164 valence electrons. The number of nitrogens with zero attached hydrogens (tertiary/aromatic N) is 1. The summed E-state index contributed by atoms with van der Waals surface area (Å²) in [6, 6.07) is 13.8. The van der Waals surface area contributed by atoms with Crippen LogP contribution in [0.4, 0.5) is 5.69 Å². The lowest BCUT2D eigenvalue weighted by Crippen LogP contribution is -2.34. The summed E-state index contributed by atoms with van der Waals surface area (Å²) in [6.07, 6.45) is 1.15. The fraction of sp³-hybridized carbons (Fsp3) is 0.273. The Morgan fingerprint density at radius 3 is 2.39 bits per heavy atom. The number of amides is 3. The number of hydrazone groups is 1. The summed E-state index contributed by atoms with van der Waals surface area (Å²) in [5.74, 6) is -0.123. The topological polar surface area (TPSA) is 118 Å². The molecule has 0 spiro atoms. The summed E-state index contributed by atoms with van der Waals surface area (Å²) >= 11 is 0. The molecule has 2 rings (SSSR count). The fourth-order valence-electron chi connectivity index (χ4n) is 2.47. The molecule has 0 aromatic heterocycles. The molecule has 0 bridgehead atoms. The van der Waals surface area contributed by atoms with Crippen molar-refractivity contribution in [1.29, 1.82) is 0 Å². The normalized spacial score (nSPS) is 10.6. The maximum absolute atomic E-state index is 12.1. The Morgan fingerprint density at radius 2 is 1.71 bits per heavy atom. The second-order valence-corrected chi connectivity index (χ2v) is 6.80. The van der Waals surface area contributed by atoms with Crippen LogP contribution >= 0.6 is 0 Å². The molecule has 0 atom stereocenters. The van der Waals surface area contributed by atoms with E-state index < -0.39 is 5.91 Å². The third-order valence-corrected chi connectivity index (χ3v) is 3.80. The van der Waals surface area contributed by atoms with Crippen molar-refractivity contribution in [2.75, 3.05) is 19.0 Å². The van der Waals surface area contributed by atoms with Crippen LogP contribution in [0.1, 0.15) is 25.8 Å². The number of hydrogen-bond donors (Lipinski definition) is 3. The number of rotatable bonds is 10. The molecule has 0 aliphatic heterocycles. The molecule has 2 aromatic rings. The summed E-state index contributed by atoms with van der Waals surface area (Å²) in [5, 5.41) is 9.17. The van der Waals surface area contributed by atoms with Crippen molar-refractivity contribution >= 4 is 29.6 Å². The van der Waals surface area contributed by atoms with Gasteiger partial charge in [0.1, 0.15) is 17.9 Å². The molecule has 0 heterocycles. The minimum absolute atomic E-state index is 0.0308. The molecular weight excluding hydrogens is 400 g/mol. The van der Waals surface area contributed by atoms with Crippen molar-refractivity contribution in [3.05, 3.63) is 54.1 Å². The summed E-state index contributed by atoms with van der Waals surface area (Å²) in [7, 11) is 1.53. The number of nitrogens with one attached hydrogen (secondary N) is 3. The Bertz CT molecular complexity index is 926. The zero-order valence-electron chi connectivity index (χ0n) is 17.7. The Morgan fingerprint density at radius 1 is 1.00 bits per heavy atom. The summed E-state index contributed by atoms with van der Waals surface area (Å²) in [6.45, 7) is 3.46. The first-order valence-electron chi connectivity index (χ1n) is 9.64. The van der Waals surface area contributed by atoms with Crippen LogP contribution < -0.4 is 25.5 Å². The number of carbonyl (C=O) groups excluding carboxylic acids is 3. The SMILES string of the molecule is COc1ccccc1NC(=O)COc1ccc(/C=N/NC(=O)CC(=O)NC(C)C)cc1. The highest BCUT2D eigenvalue weighted by Gasteiger charge is 2.09. The summed E-state index contributed by atoms with van der Waals surface area (Å²) < 4.78 is 10.7. The summed E-state index contributed by atoms with van der Waals surface area (Å²) in [5.41, 5.74) is 3.57. The molecule has 0 fully saturated rings. The van der Waals surface area contributed by atoms with Gasteiger partial charge in [0, 0.05) is 6.04 Å². The van der Waals surface area contributed by atoms with Gasteiger partial charge in [0.05, 0.1) is 19.0 Å². The second-order valence-electron chi connectivity index (χ2n) is 6.80. The van der Waals surface area contributed by atoms with Gasteiger partial charge in [-0.2, -0.15) is 5.10 Å². The second kappa shape index (κ2) is 12.0. The lowest BCUT2D eigenvalue weighted by atomic mass is 10.2. The Kier molecular flexibility index (Phi) is 9.03. The van der Waals surface area contributed by atoms with Gasteiger partial charge < -0.3 is 20.1 Å². The first-order chi connectivity index (χ1) is 14.9. The minimum Gasteiger partial charge on any atom is -0.495 e. The van der Waals surface area contributed by atoms with E-state index in [9.17, 15) is 14.4 Å². The van der Waals surface area contributed by atoms with Crippen LogP contribution in [0.2, 0.25) is 0 Å². The van der Waals surface area contributed by atoms with Gasteiger partial charge >= 0.3 is 0 Å². The number of carbonyl (C=O) groups is 3. The van der Waals surface area contributed by atoms with E-state index >= 15 is 0 Å². The average Bonchev–Trinajstić information content (AvgIpc) is 2.73. The predicted octanol–water partition coefficient (Wildman–Crippen LogP) is 2.08. The van der Waals surface area contributed by atoms with E-state index in [0.29, 0.717) is 22.7 Å². The van der Waals surface area contributed by atoms with Gasteiger partial charge in [-0.1, -0.05) is 12.1 Å². The van der Waals surface area contributed by atoms with E-state index in [4.69, 9.17) is 9.47 Å². The van der Waals surface area contributed by atoms with Gasteiger partial charge in [-0.3, -0.25) is 14.4 Å². The zero-order valence-corrected chi connectivity index (χ0v) is 17.7. The lowest BCUT2D eigenvalue weighted by Gasteiger charge is -2.10. The number of benzene rings is 2. The Hall–Kier alpha value is -3.88. The highest BCUT2D eigenvalue weighted by molar-refractivity contribution is 5.97. The van der Waals surface area contributed by atoms with Gasteiger partial charge in [-0.15, -0.1) is 0 Å². The number of hydrogen-bond acceptors (Lipinski definition) is 6. The van der Waals surface area contributed by atoms with Crippen molar-refractivity contribution in [3.8, 4) is 11.5 Å². The number of anilines is 1. The molecule has 0 unspecified atom stereocenters. The van der Waals surface area contributed by atoms with Gasteiger partial charge in [0.15, 0.2) is 6.61 Å². The first-order valence-corrected chi connectivity index (χ1v) is 9.64. The van der Waals surface area contributed by atoms with Crippen molar-refractivity contribution < 1.29 is 23.9 Å². The van der Waals surface area contributed by atoms with Gasteiger partial charge in [-0.05, 0) is 55.8 Å². The Labute approximate surface area is 180 Å². The molecule has 9 nitrogen and oxygen atoms in total. The smallest absolute Gasteiger partial charge is 0.262 e. The van der Waals surface area contributed by atoms with Crippen LogP contribution in [0, 0.1) is 0 Å². The predicted molar refractivity (Wildman–Crippen MR) is 117 cm³/mol. The number of methoxy groups -OCH3 is 1. The minimum atomic E-state index is -0.504. The molecule has 31 heavy (non-hydrogen) atoms. The number of para-hydroxylation sites is 2. The monoisotopic (exact) mass is 426 g/mol. The third kappa shape index (κ3) is 8.57. The van der Waals surface area contributed by atoms with E-state index in [1.54, 1.807) is 42.5 Å². The number of ether oxygens (including phenoxy) is 2. The van der Waals surface area contributed by atoms with Crippen LogP contribution in [0.3, 0.4) is 0 Å². The molecule has 0 saturated carbocycles. The van der Waals surface area contributed by atoms with Crippen LogP contribution in [0.25, 0.3) is 0 Å². The average molecular weight is 426 g/mol. The van der Waals surface area contributed by atoms with Crippen molar-refractivity contribution in [1.82, 2.24) is 10.7 Å². The van der Waals surface area contributed by atoms with Crippen LogP contribution in [0.5, 0.6) is 11.5 Å². The highest BCUT2D eigenvalue weighted by atomic mass is 16.5. The molecule has 3 amide bonds. The molecule has 0 saturated heterocycles. The van der Waals surface area contributed by atoms with Crippen molar-refractivity contribution in [2.24, 2.45) is 5.10 Å². The van der Waals surface area contributed by atoms with Gasteiger partial charge in [0.25, 0.3) is 5.91 Å². The fourth-order valence-corrected chi connectivity index (χ4v) is 2.47. The van der Waals surface area contributed by atoms with Crippen molar-refractivity contribution in [2.45, 2.75) is 26.3 Å². The highest BCUT2D eigenvalue weighted by Crippen LogP contribution is 2.22. The lowest BCUT2D eigenvalue weighted by molar-refractivity contribution is -0.129. The maximum atomic E-state index is 12.1. The van der Waals surface area contributed by atoms with Crippen LogP contribution in [0.15, 0.2) is 53.6 Å². The van der Waals surface area contributed by atoms with E-state index in [0.717, 1.165) is 0 Å². The standard InChI is InChI=1S/C22H26N4O5/c1-15(2)24-20(27)12-21(28)26-23-13-16-8-10-17(11-9-16)31-14-22(29)25-18-6-4-5-7-19(18)30-3/h4-11,13,15H,12,14H2,1-3H3,(H,24,27)(H,25,29)(H,26,28)/b23-13+. The molecular formula is C22H26N4O5. The van der Waals surface area contributed by atoms with E-state index in [1.165, 1.54) is 13.3 Å². The van der Waals surface area contributed by atoms with Gasteiger partial charge in [-0.25, -0.2) is 5.43 Å². The third-order valence-electron chi connectivity index (χ3n) is 3.80. The molecule has 0 aliphatic rings. The molecule has 0 aliphatic carbocycles. The van der Waals surface area contributed by atoms with E-state index in [-0.39, 0.29) is 30.9 Å². The van der Waals surface area contributed by atoms with Gasteiger partial charge in [0.2, 0.25) is 11.8 Å². The maximum Gasteiger partial charge on any atom is 0.262 e. The van der Waals surface area contributed by atoms with E-state index in [2.05, 4.69) is 21.2 Å². The molecule has 9 heteroatoms. The Balaban J connectivity index is 1.77. The largest absolute Gasteiger partial charge is 0.495 e.